The van der Waals surface area contributed by atoms with Crippen LogP contribution in [0.1, 0.15) is 5.56 Å². The summed E-state index contributed by atoms with van der Waals surface area (Å²) in [6.07, 6.45) is 3.53. The Hall–Kier alpha value is -2.77. The summed E-state index contributed by atoms with van der Waals surface area (Å²) in [7, 11) is 0. The van der Waals surface area contributed by atoms with Gasteiger partial charge in [0.15, 0.2) is 5.16 Å². The third kappa shape index (κ3) is 3.50. The molecule has 0 saturated carbocycles. The molecule has 2 aromatic carbocycles. The van der Waals surface area contributed by atoms with Gasteiger partial charge in [-0.05, 0) is 36.8 Å². The second-order valence-electron chi connectivity index (χ2n) is 6.30. The van der Waals surface area contributed by atoms with Gasteiger partial charge in [0.05, 0.1) is 22.8 Å². The van der Waals surface area contributed by atoms with Gasteiger partial charge in [0, 0.05) is 17.4 Å². The minimum atomic E-state index is -0.201. The normalized spacial score (nSPS) is 13.2. The zero-order valence-corrected chi connectivity index (χ0v) is 16.6. The number of thioether (sulfide) groups is 1. The second-order valence-corrected chi connectivity index (χ2v) is 7.65. The van der Waals surface area contributed by atoms with Crippen LogP contribution < -0.4 is 10.2 Å². The highest BCUT2D eigenvalue weighted by atomic mass is 35.5. The van der Waals surface area contributed by atoms with Crippen molar-refractivity contribution in [3.63, 3.8) is 0 Å². The number of imidazole rings is 1. The number of fused-ring (bicyclic) bond motifs is 1. The van der Waals surface area contributed by atoms with Gasteiger partial charge < -0.3 is 10.2 Å². The molecule has 142 valence electrons. The number of carbonyl (C=O) groups is 2. The number of hydrogen-bond acceptors (Lipinski definition) is 4. The predicted octanol–water partition coefficient (Wildman–Crippen LogP) is 3.91. The van der Waals surface area contributed by atoms with Crippen LogP contribution in [0.3, 0.4) is 0 Å². The van der Waals surface area contributed by atoms with E-state index in [2.05, 4.69) is 10.3 Å². The van der Waals surface area contributed by atoms with Gasteiger partial charge in [0.1, 0.15) is 6.54 Å². The van der Waals surface area contributed by atoms with Crippen LogP contribution in [-0.2, 0) is 9.59 Å². The summed E-state index contributed by atoms with van der Waals surface area (Å²) in [5, 5.41) is 4.15. The quantitative estimate of drug-likeness (QED) is 0.660. The summed E-state index contributed by atoms with van der Waals surface area (Å²) in [6, 6.07) is 13.0. The van der Waals surface area contributed by atoms with Gasteiger partial charge in [-0.3, -0.25) is 14.2 Å². The van der Waals surface area contributed by atoms with Crippen molar-refractivity contribution in [3.8, 4) is 5.69 Å². The maximum absolute atomic E-state index is 12.8. The van der Waals surface area contributed by atoms with Crippen LogP contribution in [0.5, 0.6) is 0 Å². The van der Waals surface area contributed by atoms with Crippen molar-refractivity contribution in [1.82, 2.24) is 9.55 Å². The lowest BCUT2D eigenvalue weighted by Crippen LogP contribution is -2.43. The van der Waals surface area contributed by atoms with E-state index in [1.54, 1.807) is 12.3 Å². The molecule has 2 heterocycles. The highest BCUT2D eigenvalue weighted by molar-refractivity contribution is 7.99. The summed E-state index contributed by atoms with van der Waals surface area (Å²) >= 11 is 7.56. The Bertz CT molecular complexity index is 1070. The lowest BCUT2D eigenvalue weighted by molar-refractivity contribution is -0.120. The molecule has 0 aliphatic carbocycles. The molecule has 28 heavy (non-hydrogen) atoms. The van der Waals surface area contributed by atoms with E-state index in [9.17, 15) is 9.59 Å². The van der Waals surface area contributed by atoms with Crippen LogP contribution >= 0.6 is 23.4 Å². The Morgan fingerprint density at radius 1 is 1.21 bits per heavy atom. The smallest absolute Gasteiger partial charge is 0.244 e. The van der Waals surface area contributed by atoms with E-state index < -0.39 is 0 Å². The number of amides is 2. The monoisotopic (exact) mass is 412 g/mol. The van der Waals surface area contributed by atoms with Crippen molar-refractivity contribution < 1.29 is 9.59 Å². The van der Waals surface area contributed by atoms with E-state index in [0.717, 1.165) is 11.3 Å². The van der Waals surface area contributed by atoms with Gasteiger partial charge in [0.25, 0.3) is 0 Å². The molecule has 0 saturated heterocycles. The van der Waals surface area contributed by atoms with Crippen molar-refractivity contribution in [2.75, 3.05) is 22.5 Å². The zero-order chi connectivity index (χ0) is 19.7. The van der Waals surface area contributed by atoms with Crippen LogP contribution in [0.25, 0.3) is 5.69 Å². The van der Waals surface area contributed by atoms with Crippen molar-refractivity contribution in [2.45, 2.75) is 12.1 Å². The standard InChI is InChI=1S/C20H17ClN4O2S/c1-13-14(21)5-4-8-16(13)24-10-9-22-20(24)28-12-19(27)25-11-18(26)23-15-6-2-3-7-17(15)25/h2-10H,11-12H2,1H3,(H,23,26). The maximum atomic E-state index is 12.8. The van der Waals surface area contributed by atoms with Gasteiger partial charge in [-0.1, -0.05) is 41.6 Å². The molecule has 1 aliphatic rings. The number of aromatic nitrogens is 2. The fourth-order valence-electron chi connectivity index (χ4n) is 3.10. The SMILES string of the molecule is Cc1c(Cl)cccc1-n1ccnc1SCC(=O)N1CC(=O)Nc2ccccc21. The molecule has 0 atom stereocenters. The van der Waals surface area contributed by atoms with Gasteiger partial charge in [-0.15, -0.1) is 0 Å². The number of benzene rings is 2. The number of hydrogen-bond donors (Lipinski definition) is 1. The number of nitrogens with one attached hydrogen (secondary N) is 1. The Morgan fingerprint density at radius 3 is 2.86 bits per heavy atom. The molecule has 6 nitrogen and oxygen atoms in total. The first-order valence-corrected chi connectivity index (χ1v) is 10.0. The molecule has 3 aromatic rings. The Kier molecular flexibility index (Phi) is 5.11. The molecule has 4 rings (SSSR count). The molecular weight excluding hydrogens is 396 g/mol. The van der Waals surface area contributed by atoms with E-state index in [4.69, 9.17) is 11.6 Å². The summed E-state index contributed by atoms with van der Waals surface area (Å²) in [6.45, 7) is 1.96. The van der Waals surface area contributed by atoms with E-state index in [1.165, 1.54) is 16.7 Å². The number of nitrogens with zero attached hydrogens (tertiary/aromatic N) is 3. The largest absolute Gasteiger partial charge is 0.323 e. The first-order chi connectivity index (χ1) is 13.5. The second kappa shape index (κ2) is 7.69. The summed E-state index contributed by atoms with van der Waals surface area (Å²) in [5.74, 6) is -0.184. The first kappa shape index (κ1) is 18.6. The predicted molar refractivity (Wildman–Crippen MR) is 111 cm³/mol. The fraction of sp³-hybridized carbons (Fsp3) is 0.150. The topological polar surface area (TPSA) is 67.2 Å². The Balaban J connectivity index is 1.54. The van der Waals surface area contributed by atoms with Crippen LogP contribution in [0, 0.1) is 6.92 Å². The molecule has 1 aromatic heterocycles. The van der Waals surface area contributed by atoms with Gasteiger partial charge in [0.2, 0.25) is 11.8 Å². The number of para-hydroxylation sites is 2. The zero-order valence-electron chi connectivity index (χ0n) is 15.1. The van der Waals surface area contributed by atoms with E-state index in [-0.39, 0.29) is 24.1 Å². The van der Waals surface area contributed by atoms with Crippen LogP contribution in [-0.4, -0.2) is 33.7 Å². The van der Waals surface area contributed by atoms with Gasteiger partial charge in [-0.2, -0.15) is 0 Å². The van der Waals surface area contributed by atoms with Crippen molar-refractivity contribution >= 4 is 46.6 Å². The Morgan fingerprint density at radius 2 is 2.00 bits per heavy atom. The Labute approximate surface area is 171 Å². The van der Waals surface area contributed by atoms with Crippen molar-refractivity contribution in [1.29, 1.82) is 0 Å². The average Bonchev–Trinajstić information content (AvgIpc) is 3.16. The minimum Gasteiger partial charge on any atom is -0.323 e. The third-order valence-electron chi connectivity index (χ3n) is 4.50. The molecule has 0 unspecified atom stereocenters. The number of halogens is 1. The molecule has 2 amide bonds. The van der Waals surface area contributed by atoms with E-state index in [0.29, 0.717) is 21.6 Å². The number of rotatable bonds is 4. The molecule has 0 bridgehead atoms. The first-order valence-electron chi connectivity index (χ1n) is 8.65. The van der Waals surface area contributed by atoms with E-state index >= 15 is 0 Å². The highest BCUT2D eigenvalue weighted by Gasteiger charge is 2.26. The summed E-state index contributed by atoms with van der Waals surface area (Å²) < 4.78 is 1.91. The van der Waals surface area contributed by atoms with Crippen molar-refractivity contribution in [2.24, 2.45) is 0 Å². The lowest BCUT2D eigenvalue weighted by atomic mass is 10.2. The van der Waals surface area contributed by atoms with Crippen molar-refractivity contribution in [3.05, 3.63) is 65.4 Å². The van der Waals surface area contributed by atoms with Crippen LogP contribution in [0.15, 0.2) is 60.0 Å². The number of anilines is 2. The average molecular weight is 413 g/mol. The molecule has 1 N–H and O–H groups in total. The molecule has 0 radical (unpaired) electrons. The fourth-order valence-corrected chi connectivity index (χ4v) is 4.11. The molecule has 0 spiro atoms. The molecular formula is C20H17ClN4O2S. The van der Waals surface area contributed by atoms with Gasteiger partial charge >= 0.3 is 0 Å². The summed E-state index contributed by atoms with van der Waals surface area (Å²) in [4.78, 5) is 30.7. The van der Waals surface area contributed by atoms with Gasteiger partial charge in [-0.25, -0.2) is 4.98 Å². The third-order valence-corrected chi connectivity index (χ3v) is 5.86. The summed E-state index contributed by atoms with van der Waals surface area (Å²) in [5.41, 5.74) is 3.22. The molecule has 1 aliphatic heterocycles. The molecule has 8 heteroatoms. The van der Waals surface area contributed by atoms with Crippen LogP contribution in [0.2, 0.25) is 5.02 Å². The number of carbonyl (C=O) groups excluding carboxylic acids is 2. The highest BCUT2D eigenvalue weighted by Crippen LogP contribution is 2.31. The van der Waals surface area contributed by atoms with E-state index in [1.807, 2.05) is 54.1 Å². The van der Waals surface area contributed by atoms with Crippen LogP contribution in [0.4, 0.5) is 11.4 Å². The lowest BCUT2D eigenvalue weighted by Gasteiger charge is -2.29. The molecule has 0 fully saturated rings. The maximum Gasteiger partial charge on any atom is 0.244 e. The minimum absolute atomic E-state index is 0.0122.